The number of methoxy groups -OCH3 is 1. The van der Waals surface area contributed by atoms with Crippen molar-refractivity contribution in [2.75, 3.05) is 40.0 Å². The van der Waals surface area contributed by atoms with Gasteiger partial charge in [0.2, 0.25) is 0 Å². The topological polar surface area (TPSA) is 78.7 Å². The van der Waals surface area contributed by atoms with Crippen LogP contribution in [0.5, 0.6) is 0 Å². The monoisotopic (exact) mass is 446 g/mol. The van der Waals surface area contributed by atoms with E-state index in [0.717, 1.165) is 31.0 Å². The molecule has 1 rings (SSSR count). The quantitative estimate of drug-likeness (QED) is 0.250. The van der Waals surface area contributed by atoms with Crippen LogP contribution in [0.1, 0.15) is 24.5 Å². The highest BCUT2D eigenvalue weighted by atomic mass is 127. The Hall–Kier alpha value is -1.37. The van der Waals surface area contributed by atoms with Gasteiger partial charge in [-0.1, -0.05) is 12.1 Å². The Labute approximate surface area is 161 Å². The minimum atomic E-state index is 0. The highest BCUT2D eigenvalue weighted by Crippen LogP contribution is 2.04. The number of ether oxygens (including phenoxy) is 2. The molecule has 0 aliphatic rings. The third-order valence-corrected chi connectivity index (χ3v) is 3.04. The molecule has 0 aliphatic heterocycles. The van der Waals surface area contributed by atoms with E-state index in [-0.39, 0.29) is 24.0 Å². The van der Waals surface area contributed by atoms with Crippen LogP contribution in [0.4, 0.5) is 0 Å². The van der Waals surface area contributed by atoms with Crippen LogP contribution in [0.15, 0.2) is 29.3 Å². The molecule has 0 heterocycles. The van der Waals surface area contributed by atoms with Crippen LogP contribution in [0, 0.1) is 11.3 Å². The molecule has 0 amide bonds. The molecule has 0 atom stereocenters. The third-order valence-electron chi connectivity index (χ3n) is 3.04. The van der Waals surface area contributed by atoms with Crippen molar-refractivity contribution in [2.45, 2.75) is 19.9 Å². The molecule has 0 saturated carbocycles. The normalized spacial score (nSPS) is 10.6. The lowest BCUT2D eigenvalue weighted by atomic mass is 10.1. The first-order chi connectivity index (χ1) is 11.3. The van der Waals surface area contributed by atoms with Gasteiger partial charge in [-0.2, -0.15) is 5.26 Å². The molecule has 1 aromatic carbocycles. The van der Waals surface area contributed by atoms with Crippen LogP contribution in [-0.4, -0.2) is 46.0 Å². The van der Waals surface area contributed by atoms with Gasteiger partial charge in [0.05, 0.1) is 31.4 Å². The number of nitrogens with zero attached hydrogens (tertiary/aromatic N) is 2. The molecular weight excluding hydrogens is 419 g/mol. The fourth-order valence-electron chi connectivity index (χ4n) is 1.82. The summed E-state index contributed by atoms with van der Waals surface area (Å²) in [5.41, 5.74) is 1.74. The molecule has 0 bridgehead atoms. The summed E-state index contributed by atoms with van der Waals surface area (Å²) in [6.07, 6.45) is 0.908. The van der Waals surface area contributed by atoms with Crippen LogP contribution in [0.3, 0.4) is 0 Å². The van der Waals surface area contributed by atoms with Crippen LogP contribution in [0.2, 0.25) is 0 Å². The summed E-state index contributed by atoms with van der Waals surface area (Å²) in [7, 11) is 1.66. The maximum Gasteiger partial charge on any atom is 0.191 e. The molecule has 0 fully saturated rings. The van der Waals surface area contributed by atoms with Crippen molar-refractivity contribution < 1.29 is 9.47 Å². The summed E-state index contributed by atoms with van der Waals surface area (Å²) in [6, 6.07) is 9.58. The van der Waals surface area contributed by atoms with E-state index in [1.807, 2.05) is 31.2 Å². The minimum absolute atomic E-state index is 0. The lowest BCUT2D eigenvalue weighted by Crippen LogP contribution is -2.38. The summed E-state index contributed by atoms with van der Waals surface area (Å²) in [4.78, 5) is 4.54. The molecule has 0 aliphatic carbocycles. The van der Waals surface area contributed by atoms with Crippen molar-refractivity contribution >= 4 is 29.9 Å². The molecule has 0 unspecified atom stereocenters. The Morgan fingerprint density at radius 1 is 1.17 bits per heavy atom. The number of guanidine groups is 1. The van der Waals surface area contributed by atoms with E-state index in [0.29, 0.717) is 31.9 Å². The first-order valence-electron chi connectivity index (χ1n) is 7.88. The number of nitrogens with one attached hydrogen (secondary N) is 2. The molecule has 2 N–H and O–H groups in total. The minimum Gasteiger partial charge on any atom is -0.382 e. The Morgan fingerprint density at radius 2 is 1.92 bits per heavy atom. The lowest BCUT2D eigenvalue weighted by Gasteiger charge is -2.11. The molecule has 0 aromatic heterocycles. The van der Waals surface area contributed by atoms with Gasteiger partial charge in [-0.3, -0.25) is 0 Å². The molecule has 0 saturated heterocycles. The predicted octanol–water partition coefficient (Wildman–Crippen LogP) is 2.28. The Morgan fingerprint density at radius 3 is 2.54 bits per heavy atom. The lowest BCUT2D eigenvalue weighted by molar-refractivity contribution is 0.0698. The van der Waals surface area contributed by atoms with Gasteiger partial charge in [0.25, 0.3) is 0 Å². The van der Waals surface area contributed by atoms with Crippen LogP contribution >= 0.6 is 24.0 Å². The van der Waals surface area contributed by atoms with Gasteiger partial charge in [-0.15, -0.1) is 24.0 Å². The maximum atomic E-state index is 8.79. The zero-order chi connectivity index (χ0) is 16.8. The molecule has 1 aromatic rings. The van der Waals surface area contributed by atoms with Crippen LogP contribution in [0.25, 0.3) is 0 Å². The van der Waals surface area contributed by atoms with Gasteiger partial charge in [-0.05, 0) is 31.0 Å². The zero-order valence-electron chi connectivity index (χ0n) is 14.4. The number of hydrogen-bond donors (Lipinski definition) is 2. The molecule has 6 nitrogen and oxygen atoms in total. The summed E-state index contributed by atoms with van der Waals surface area (Å²) in [6.45, 7) is 6.17. The van der Waals surface area contributed by atoms with Gasteiger partial charge in [0.15, 0.2) is 5.96 Å². The van der Waals surface area contributed by atoms with Crippen molar-refractivity contribution in [1.29, 1.82) is 5.26 Å². The Bertz CT molecular complexity index is 500. The molecule has 0 radical (unpaired) electrons. The van der Waals surface area contributed by atoms with E-state index in [1.165, 1.54) is 0 Å². The van der Waals surface area contributed by atoms with Crippen molar-refractivity contribution in [1.82, 2.24) is 10.6 Å². The van der Waals surface area contributed by atoms with Crippen molar-refractivity contribution in [2.24, 2.45) is 4.99 Å². The van der Waals surface area contributed by atoms with Crippen LogP contribution in [-0.2, 0) is 16.0 Å². The predicted molar refractivity (Wildman–Crippen MR) is 107 cm³/mol. The molecule has 134 valence electrons. The number of nitriles is 1. The fourth-order valence-corrected chi connectivity index (χ4v) is 1.82. The Kier molecular flexibility index (Phi) is 14.3. The van der Waals surface area contributed by atoms with Gasteiger partial charge < -0.3 is 20.1 Å². The van der Waals surface area contributed by atoms with Gasteiger partial charge in [0.1, 0.15) is 0 Å². The first kappa shape index (κ1) is 22.6. The highest BCUT2D eigenvalue weighted by Gasteiger charge is 1.98. The fraction of sp³-hybridized carbons (Fsp3) is 0.529. The molecule has 24 heavy (non-hydrogen) atoms. The third kappa shape index (κ3) is 10.4. The van der Waals surface area contributed by atoms with E-state index in [1.54, 1.807) is 7.11 Å². The van der Waals surface area contributed by atoms with Gasteiger partial charge in [0, 0.05) is 26.8 Å². The summed E-state index contributed by atoms with van der Waals surface area (Å²) in [5, 5.41) is 15.3. The van der Waals surface area contributed by atoms with E-state index in [4.69, 9.17) is 14.7 Å². The number of benzene rings is 1. The molecular formula is C17H27IN4O2. The number of hydrogen-bond acceptors (Lipinski definition) is 4. The average Bonchev–Trinajstić information content (AvgIpc) is 2.59. The summed E-state index contributed by atoms with van der Waals surface area (Å²) < 4.78 is 10.3. The molecule has 0 spiro atoms. The number of rotatable bonds is 10. The van der Waals surface area contributed by atoms with Crippen molar-refractivity contribution in [3.63, 3.8) is 0 Å². The van der Waals surface area contributed by atoms with Gasteiger partial charge >= 0.3 is 0 Å². The zero-order valence-corrected chi connectivity index (χ0v) is 16.7. The van der Waals surface area contributed by atoms with E-state index in [2.05, 4.69) is 21.7 Å². The second-order valence-corrected chi connectivity index (χ2v) is 4.89. The average molecular weight is 446 g/mol. The van der Waals surface area contributed by atoms with E-state index in [9.17, 15) is 0 Å². The largest absolute Gasteiger partial charge is 0.382 e. The smallest absolute Gasteiger partial charge is 0.191 e. The molecule has 7 heteroatoms. The summed E-state index contributed by atoms with van der Waals surface area (Å²) >= 11 is 0. The maximum absolute atomic E-state index is 8.79. The van der Waals surface area contributed by atoms with Crippen molar-refractivity contribution in [3.05, 3.63) is 35.4 Å². The van der Waals surface area contributed by atoms with Gasteiger partial charge in [-0.25, -0.2) is 4.99 Å². The standard InChI is InChI=1S/C17H26N4O2.HI/c1-3-19-17(20-9-4-10-23-12-11-22-2)21-14-16-7-5-15(13-18)6-8-16;/h5-8H,3-4,9-12,14H2,1-2H3,(H2,19,20,21);1H. The van der Waals surface area contributed by atoms with Crippen molar-refractivity contribution in [3.8, 4) is 6.07 Å². The van der Waals surface area contributed by atoms with Crippen LogP contribution < -0.4 is 10.6 Å². The Balaban J connectivity index is 0.00000529. The first-order valence-corrected chi connectivity index (χ1v) is 7.88. The second-order valence-electron chi connectivity index (χ2n) is 4.89. The number of halogens is 1. The number of aliphatic imine (C=N–C) groups is 1. The van der Waals surface area contributed by atoms with E-state index >= 15 is 0 Å². The summed E-state index contributed by atoms with van der Waals surface area (Å²) in [5.74, 6) is 0.786. The highest BCUT2D eigenvalue weighted by molar-refractivity contribution is 14.0. The SMILES string of the molecule is CCNC(=NCc1ccc(C#N)cc1)NCCCOCCOC.I. The van der Waals surface area contributed by atoms with E-state index < -0.39 is 0 Å². The second kappa shape index (κ2) is 15.2.